The fourth-order valence-electron chi connectivity index (χ4n) is 2.85. The molecule has 0 aliphatic heterocycles. The van der Waals surface area contributed by atoms with Crippen LogP contribution in [0.3, 0.4) is 0 Å². The molecule has 0 bridgehead atoms. The highest BCUT2D eigenvalue weighted by Gasteiger charge is 2.21. The van der Waals surface area contributed by atoms with E-state index in [0.29, 0.717) is 24.3 Å². The Bertz CT molecular complexity index is 931. The van der Waals surface area contributed by atoms with Gasteiger partial charge in [-0.3, -0.25) is 9.59 Å². The third kappa shape index (κ3) is 5.81. The zero-order valence-corrected chi connectivity index (χ0v) is 16.7. The van der Waals surface area contributed by atoms with E-state index >= 15 is 0 Å². The lowest BCUT2D eigenvalue weighted by molar-refractivity contribution is -0.137. The molecule has 0 unspecified atom stereocenters. The van der Waals surface area contributed by atoms with Crippen molar-refractivity contribution in [3.63, 3.8) is 0 Å². The monoisotopic (exact) mass is 400 g/mol. The highest BCUT2D eigenvalue weighted by atomic mass is 16.5. The molecule has 7 nitrogen and oxygen atoms in total. The van der Waals surface area contributed by atoms with E-state index in [-0.39, 0.29) is 24.3 Å². The van der Waals surface area contributed by atoms with E-state index in [9.17, 15) is 14.4 Å². The largest absolute Gasteiger partial charge is 0.493 e. The van der Waals surface area contributed by atoms with E-state index in [0.717, 1.165) is 16.7 Å². The summed E-state index contributed by atoms with van der Waals surface area (Å²) in [6, 6.07) is 8.64. The van der Waals surface area contributed by atoms with Crippen LogP contribution in [-0.4, -0.2) is 34.5 Å². The zero-order chi connectivity index (χ0) is 21.6. The molecular formula is C22H24O7. The summed E-state index contributed by atoms with van der Waals surface area (Å²) in [6.07, 6.45) is 0.314. The molecule has 29 heavy (non-hydrogen) atoms. The molecule has 7 heteroatoms. The predicted molar refractivity (Wildman–Crippen MR) is 106 cm³/mol. The smallest absolute Gasteiger partial charge is 0.377 e. The number of benzene rings is 2. The van der Waals surface area contributed by atoms with Gasteiger partial charge in [-0.25, -0.2) is 4.79 Å². The molecular weight excluding hydrogens is 376 g/mol. The van der Waals surface area contributed by atoms with Crippen LogP contribution < -0.4 is 9.47 Å². The van der Waals surface area contributed by atoms with Gasteiger partial charge in [0.15, 0.2) is 0 Å². The van der Waals surface area contributed by atoms with Crippen LogP contribution in [0.15, 0.2) is 30.3 Å². The van der Waals surface area contributed by atoms with E-state index in [1.807, 2.05) is 32.0 Å². The SMILES string of the molecule is CCOc1cc(C)c(COc2cc(C)ccc2CCC(=O)O)cc1C(=O)C(=O)O. The van der Waals surface area contributed by atoms with Gasteiger partial charge >= 0.3 is 11.9 Å². The van der Waals surface area contributed by atoms with Crippen molar-refractivity contribution in [1.82, 2.24) is 0 Å². The van der Waals surface area contributed by atoms with Gasteiger partial charge in [0.05, 0.1) is 12.2 Å². The normalized spacial score (nSPS) is 10.4. The van der Waals surface area contributed by atoms with Gasteiger partial charge in [-0.05, 0) is 67.6 Å². The van der Waals surface area contributed by atoms with Crippen molar-refractivity contribution in [3.05, 3.63) is 58.1 Å². The Morgan fingerprint density at radius 3 is 2.28 bits per heavy atom. The van der Waals surface area contributed by atoms with E-state index < -0.39 is 17.7 Å². The topological polar surface area (TPSA) is 110 Å². The van der Waals surface area contributed by atoms with E-state index in [2.05, 4.69) is 0 Å². The molecule has 0 aliphatic rings. The van der Waals surface area contributed by atoms with Gasteiger partial charge in [-0.15, -0.1) is 0 Å². The number of rotatable bonds is 10. The van der Waals surface area contributed by atoms with Gasteiger partial charge in [0.1, 0.15) is 18.1 Å². The number of aliphatic carboxylic acids is 2. The second-order valence-electron chi connectivity index (χ2n) is 6.64. The molecule has 0 amide bonds. The molecule has 2 aromatic rings. The molecule has 2 rings (SSSR count). The van der Waals surface area contributed by atoms with Crippen LogP contribution in [0, 0.1) is 13.8 Å². The number of carboxylic acid groups (broad SMARTS) is 2. The van der Waals surface area contributed by atoms with Crippen LogP contribution in [0.1, 0.15) is 46.0 Å². The second-order valence-corrected chi connectivity index (χ2v) is 6.64. The van der Waals surface area contributed by atoms with E-state index in [1.165, 1.54) is 6.07 Å². The highest BCUT2D eigenvalue weighted by Crippen LogP contribution is 2.27. The molecule has 2 N–H and O–H groups in total. The first kappa shape index (κ1) is 21.9. The summed E-state index contributed by atoms with van der Waals surface area (Å²) in [5, 5.41) is 18.0. The first-order valence-corrected chi connectivity index (χ1v) is 9.21. The maximum absolute atomic E-state index is 12.0. The average Bonchev–Trinajstić information content (AvgIpc) is 2.66. The summed E-state index contributed by atoms with van der Waals surface area (Å²) in [6.45, 7) is 5.86. The van der Waals surface area contributed by atoms with Crippen molar-refractivity contribution in [2.24, 2.45) is 0 Å². The van der Waals surface area contributed by atoms with Crippen LogP contribution in [-0.2, 0) is 22.6 Å². The molecule has 0 aliphatic carbocycles. The Balaban J connectivity index is 2.32. The predicted octanol–water partition coefficient (Wildman–Crippen LogP) is 3.57. The summed E-state index contributed by atoms with van der Waals surface area (Å²) < 4.78 is 11.3. The number of carbonyl (C=O) groups excluding carboxylic acids is 1. The van der Waals surface area contributed by atoms with Gasteiger partial charge < -0.3 is 19.7 Å². The molecule has 0 heterocycles. The number of aryl methyl sites for hydroxylation is 3. The van der Waals surface area contributed by atoms with Crippen LogP contribution in [0.4, 0.5) is 0 Å². The molecule has 0 saturated carbocycles. The number of Topliss-reactive ketones (excluding diaryl/α,β-unsaturated/α-hetero) is 1. The Kier molecular flexibility index (Phi) is 7.36. The molecule has 154 valence electrons. The van der Waals surface area contributed by atoms with Crippen LogP contribution in [0.2, 0.25) is 0 Å². The summed E-state index contributed by atoms with van der Waals surface area (Å²) in [5.41, 5.74) is 3.13. The Hall–Kier alpha value is -3.35. The van der Waals surface area contributed by atoms with Gasteiger partial charge in [0.2, 0.25) is 0 Å². The fourth-order valence-corrected chi connectivity index (χ4v) is 2.85. The Morgan fingerprint density at radius 1 is 0.931 bits per heavy atom. The van der Waals surface area contributed by atoms with E-state index in [4.69, 9.17) is 19.7 Å². The van der Waals surface area contributed by atoms with Gasteiger partial charge in [-0.2, -0.15) is 0 Å². The first-order chi connectivity index (χ1) is 13.7. The number of carboxylic acids is 2. The average molecular weight is 400 g/mol. The lowest BCUT2D eigenvalue weighted by atomic mass is 10.0. The standard InChI is InChI=1S/C22H24O7/c1-4-28-19-10-14(3)16(11-17(19)21(25)22(26)27)12-29-18-9-13(2)5-6-15(18)7-8-20(23)24/h5-6,9-11H,4,7-8,12H2,1-3H3,(H,23,24)(H,26,27). The van der Waals surface area contributed by atoms with Gasteiger partial charge in [0.25, 0.3) is 5.78 Å². The van der Waals surface area contributed by atoms with Gasteiger partial charge in [-0.1, -0.05) is 12.1 Å². The fraction of sp³-hybridized carbons (Fsp3) is 0.318. The van der Waals surface area contributed by atoms with Gasteiger partial charge in [0, 0.05) is 6.42 Å². The summed E-state index contributed by atoms with van der Waals surface area (Å²) in [5.74, 6) is -2.72. The maximum atomic E-state index is 12.0. The molecule has 0 aromatic heterocycles. The molecule has 2 aromatic carbocycles. The highest BCUT2D eigenvalue weighted by molar-refractivity contribution is 6.40. The maximum Gasteiger partial charge on any atom is 0.377 e. The second kappa shape index (κ2) is 9.73. The van der Waals surface area contributed by atoms with Crippen LogP contribution in [0.5, 0.6) is 11.5 Å². The van der Waals surface area contributed by atoms with Crippen molar-refractivity contribution in [3.8, 4) is 11.5 Å². The third-order valence-electron chi connectivity index (χ3n) is 4.39. The lowest BCUT2D eigenvalue weighted by Gasteiger charge is -2.16. The van der Waals surface area contributed by atoms with E-state index in [1.54, 1.807) is 13.0 Å². The zero-order valence-electron chi connectivity index (χ0n) is 16.7. The quantitative estimate of drug-likeness (QED) is 0.463. The number of ether oxygens (including phenoxy) is 2. The van der Waals surface area contributed by atoms with Crippen LogP contribution >= 0.6 is 0 Å². The van der Waals surface area contributed by atoms with Crippen molar-refractivity contribution < 1.29 is 34.1 Å². The first-order valence-electron chi connectivity index (χ1n) is 9.21. The van der Waals surface area contributed by atoms with Crippen LogP contribution in [0.25, 0.3) is 0 Å². The number of ketones is 1. The third-order valence-corrected chi connectivity index (χ3v) is 4.39. The number of carbonyl (C=O) groups is 3. The minimum atomic E-state index is -1.56. The Labute approximate surface area is 168 Å². The lowest BCUT2D eigenvalue weighted by Crippen LogP contribution is -2.15. The molecule has 0 spiro atoms. The molecule has 0 radical (unpaired) electrons. The molecule has 0 fully saturated rings. The van der Waals surface area contributed by atoms with Crippen molar-refractivity contribution in [2.45, 2.75) is 40.2 Å². The van der Waals surface area contributed by atoms with Crippen molar-refractivity contribution in [1.29, 1.82) is 0 Å². The number of hydrogen-bond donors (Lipinski definition) is 2. The summed E-state index contributed by atoms with van der Waals surface area (Å²) in [7, 11) is 0. The minimum Gasteiger partial charge on any atom is -0.493 e. The molecule has 0 atom stereocenters. The summed E-state index contributed by atoms with van der Waals surface area (Å²) >= 11 is 0. The van der Waals surface area contributed by atoms with Crippen molar-refractivity contribution >= 4 is 17.7 Å². The van der Waals surface area contributed by atoms with Crippen molar-refractivity contribution in [2.75, 3.05) is 6.61 Å². The molecule has 0 saturated heterocycles. The summed E-state index contributed by atoms with van der Waals surface area (Å²) in [4.78, 5) is 34.1. The number of hydrogen-bond acceptors (Lipinski definition) is 5. The minimum absolute atomic E-state index is 0.0151. The Morgan fingerprint density at radius 2 is 1.66 bits per heavy atom.